The Hall–Kier alpha value is -2.84. The van der Waals surface area contributed by atoms with Gasteiger partial charge in [-0.15, -0.1) is 0 Å². The van der Waals surface area contributed by atoms with Crippen molar-refractivity contribution < 1.29 is 24.2 Å². The quantitative estimate of drug-likeness (QED) is 0.239. The second kappa shape index (κ2) is 10.2. The van der Waals surface area contributed by atoms with Crippen LogP contribution in [-0.4, -0.2) is 30.0 Å². The van der Waals surface area contributed by atoms with E-state index in [-0.39, 0.29) is 0 Å². The molecular formula is C24H21Br2NO5. The summed E-state index contributed by atoms with van der Waals surface area (Å²) in [6.07, 6.45) is 1.44. The van der Waals surface area contributed by atoms with Gasteiger partial charge in [0.05, 0.1) is 22.3 Å². The van der Waals surface area contributed by atoms with E-state index in [1.807, 2.05) is 48.5 Å². The smallest absolute Gasteiger partial charge is 0.350 e. The zero-order chi connectivity index (χ0) is 23.3. The minimum atomic E-state index is -1.42. The summed E-state index contributed by atoms with van der Waals surface area (Å²) in [7, 11) is 1.64. The molecule has 0 atom stereocenters. The van der Waals surface area contributed by atoms with E-state index in [1.165, 1.54) is 20.1 Å². The molecule has 3 aromatic rings. The molecular weight excluding hydrogens is 542 g/mol. The first-order chi connectivity index (χ1) is 15.2. The molecule has 0 amide bonds. The third-order valence-corrected chi connectivity index (χ3v) is 5.67. The van der Waals surface area contributed by atoms with Crippen LogP contribution < -0.4 is 9.47 Å². The molecule has 0 spiro atoms. The average molecular weight is 563 g/mol. The Morgan fingerprint density at radius 2 is 1.69 bits per heavy atom. The van der Waals surface area contributed by atoms with Crippen molar-refractivity contribution in [2.75, 3.05) is 7.11 Å². The fourth-order valence-corrected chi connectivity index (χ4v) is 4.11. The Bertz CT molecular complexity index is 1120. The number of oxime groups is 1. The highest BCUT2D eigenvalue weighted by Crippen LogP contribution is 2.40. The Labute approximate surface area is 203 Å². The number of benzene rings is 3. The number of hydrogen-bond donors (Lipinski definition) is 1. The van der Waals surface area contributed by atoms with Gasteiger partial charge in [-0.2, -0.15) is 0 Å². The molecule has 3 rings (SSSR count). The molecule has 0 aliphatic carbocycles. The number of carboxylic acid groups (broad SMARTS) is 1. The highest BCUT2D eigenvalue weighted by Gasteiger charge is 2.29. The number of aliphatic carboxylic acids is 1. The standard InChI is InChI=1S/C24H21Br2NO5/c1-24(2,23(28)29)32-27-14-15-11-19(25)22(20(26)12-15)31-17-9-10-21(30-3)18(13-17)16-7-5-4-6-8-16/h4-14H,1-3H3,(H,28,29). The Kier molecular flexibility index (Phi) is 7.58. The summed E-state index contributed by atoms with van der Waals surface area (Å²) in [5, 5.41) is 12.9. The summed E-state index contributed by atoms with van der Waals surface area (Å²) in [6.45, 7) is 2.85. The number of carbonyl (C=O) groups is 1. The summed E-state index contributed by atoms with van der Waals surface area (Å²) in [5.74, 6) is 0.866. The lowest BCUT2D eigenvalue weighted by Gasteiger charge is -2.16. The van der Waals surface area contributed by atoms with Crippen LogP contribution in [0.3, 0.4) is 0 Å². The molecule has 0 heterocycles. The van der Waals surface area contributed by atoms with Crippen molar-refractivity contribution >= 4 is 44.0 Å². The number of halogens is 2. The number of hydrogen-bond acceptors (Lipinski definition) is 5. The van der Waals surface area contributed by atoms with Crippen LogP contribution in [0, 0.1) is 0 Å². The van der Waals surface area contributed by atoms with Crippen molar-refractivity contribution in [3.8, 4) is 28.4 Å². The predicted octanol–water partition coefficient (Wildman–Crippen LogP) is 6.89. The van der Waals surface area contributed by atoms with Gasteiger partial charge in [0, 0.05) is 5.56 Å². The van der Waals surface area contributed by atoms with E-state index in [1.54, 1.807) is 19.2 Å². The zero-order valence-electron chi connectivity index (χ0n) is 17.6. The third kappa shape index (κ3) is 5.69. The van der Waals surface area contributed by atoms with Crippen LogP contribution in [-0.2, 0) is 9.63 Å². The number of nitrogens with zero attached hydrogens (tertiary/aromatic N) is 1. The van der Waals surface area contributed by atoms with Crippen LogP contribution in [0.2, 0.25) is 0 Å². The van der Waals surface area contributed by atoms with Crippen LogP contribution in [0.4, 0.5) is 0 Å². The van der Waals surface area contributed by atoms with Crippen molar-refractivity contribution in [2.45, 2.75) is 19.4 Å². The van der Waals surface area contributed by atoms with Crippen LogP contribution >= 0.6 is 31.9 Å². The SMILES string of the molecule is COc1ccc(Oc2c(Br)cc(C=NOC(C)(C)C(=O)O)cc2Br)cc1-c1ccccc1. The lowest BCUT2D eigenvalue weighted by Crippen LogP contribution is -2.32. The maximum absolute atomic E-state index is 11.1. The van der Waals surface area contributed by atoms with Gasteiger partial charge in [0.25, 0.3) is 0 Å². The number of rotatable bonds is 8. The van der Waals surface area contributed by atoms with E-state index in [2.05, 4.69) is 37.0 Å². The van der Waals surface area contributed by atoms with Gasteiger partial charge in [-0.3, -0.25) is 0 Å². The van der Waals surface area contributed by atoms with Gasteiger partial charge in [0.1, 0.15) is 11.5 Å². The molecule has 32 heavy (non-hydrogen) atoms. The third-order valence-electron chi connectivity index (χ3n) is 4.49. The molecule has 3 aromatic carbocycles. The molecule has 8 heteroatoms. The van der Waals surface area contributed by atoms with E-state index in [4.69, 9.17) is 19.4 Å². The van der Waals surface area contributed by atoms with E-state index in [0.717, 1.165) is 16.9 Å². The number of carboxylic acids is 1. The highest BCUT2D eigenvalue weighted by atomic mass is 79.9. The molecule has 0 bridgehead atoms. The summed E-state index contributed by atoms with van der Waals surface area (Å²) in [5.41, 5.74) is 1.21. The number of methoxy groups -OCH3 is 1. The lowest BCUT2D eigenvalue weighted by molar-refractivity contribution is -0.161. The van der Waals surface area contributed by atoms with Crippen molar-refractivity contribution in [1.29, 1.82) is 0 Å². The Balaban J connectivity index is 1.85. The average Bonchev–Trinajstić information content (AvgIpc) is 2.76. The minimum Gasteiger partial charge on any atom is -0.496 e. The molecule has 0 aliphatic rings. The first kappa shape index (κ1) is 23.8. The molecule has 0 saturated carbocycles. The molecule has 0 saturated heterocycles. The fourth-order valence-electron chi connectivity index (χ4n) is 2.72. The minimum absolute atomic E-state index is 0.582. The Morgan fingerprint density at radius 1 is 1.03 bits per heavy atom. The first-order valence-corrected chi connectivity index (χ1v) is 11.1. The van der Waals surface area contributed by atoms with Gasteiger partial charge >= 0.3 is 5.97 Å². The molecule has 166 valence electrons. The Morgan fingerprint density at radius 3 is 2.28 bits per heavy atom. The predicted molar refractivity (Wildman–Crippen MR) is 131 cm³/mol. The zero-order valence-corrected chi connectivity index (χ0v) is 20.8. The van der Waals surface area contributed by atoms with Crippen LogP contribution in [0.25, 0.3) is 11.1 Å². The highest BCUT2D eigenvalue weighted by molar-refractivity contribution is 9.11. The van der Waals surface area contributed by atoms with Gasteiger partial charge in [-0.25, -0.2) is 4.79 Å². The normalized spacial score (nSPS) is 11.4. The van der Waals surface area contributed by atoms with Gasteiger partial charge in [0.15, 0.2) is 5.75 Å². The summed E-state index contributed by atoms with van der Waals surface area (Å²) in [4.78, 5) is 16.2. The van der Waals surface area contributed by atoms with Crippen LogP contribution in [0.15, 0.2) is 74.8 Å². The fraction of sp³-hybridized carbons (Fsp3) is 0.167. The molecule has 0 fully saturated rings. The van der Waals surface area contributed by atoms with E-state index in [9.17, 15) is 4.79 Å². The second-order valence-electron chi connectivity index (χ2n) is 7.29. The van der Waals surface area contributed by atoms with Gasteiger partial charge < -0.3 is 19.4 Å². The largest absolute Gasteiger partial charge is 0.496 e. The topological polar surface area (TPSA) is 77.3 Å². The maximum atomic E-state index is 11.1. The summed E-state index contributed by atoms with van der Waals surface area (Å²) in [6, 6.07) is 19.1. The van der Waals surface area contributed by atoms with Crippen LogP contribution in [0.1, 0.15) is 19.4 Å². The monoisotopic (exact) mass is 561 g/mol. The lowest BCUT2D eigenvalue weighted by atomic mass is 10.0. The van der Waals surface area contributed by atoms with Crippen molar-refractivity contribution in [2.24, 2.45) is 5.16 Å². The summed E-state index contributed by atoms with van der Waals surface area (Å²) < 4.78 is 13.0. The van der Waals surface area contributed by atoms with Gasteiger partial charge in [-0.1, -0.05) is 35.5 Å². The first-order valence-electron chi connectivity index (χ1n) is 9.56. The maximum Gasteiger partial charge on any atom is 0.350 e. The van der Waals surface area contributed by atoms with Crippen molar-refractivity contribution in [3.63, 3.8) is 0 Å². The molecule has 0 aromatic heterocycles. The molecule has 0 radical (unpaired) electrons. The van der Waals surface area contributed by atoms with Gasteiger partial charge in [0.2, 0.25) is 5.60 Å². The van der Waals surface area contributed by atoms with Crippen LogP contribution in [0.5, 0.6) is 17.2 Å². The van der Waals surface area contributed by atoms with Gasteiger partial charge in [-0.05, 0) is 87.2 Å². The van der Waals surface area contributed by atoms with E-state index < -0.39 is 11.6 Å². The van der Waals surface area contributed by atoms with Crippen molar-refractivity contribution in [1.82, 2.24) is 0 Å². The molecule has 0 unspecified atom stereocenters. The molecule has 1 N–H and O–H groups in total. The second-order valence-corrected chi connectivity index (χ2v) is 8.99. The number of ether oxygens (including phenoxy) is 2. The summed E-state index contributed by atoms with van der Waals surface area (Å²) >= 11 is 7.05. The molecule has 0 aliphatic heterocycles. The van der Waals surface area contributed by atoms with E-state index >= 15 is 0 Å². The van der Waals surface area contributed by atoms with Crippen molar-refractivity contribution in [3.05, 3.63) is 75.2 Å². The molecule has 6 nitrogen and oxygen atoms in total. The van der Waals surface area contributed by atoms with E-state index in [0.29, 0.717) is 26.0 Å².